The molecule has 1 aromatic carbocycles. The minimum atomic E-state index is -0.246. The van der Waals surface area contributed by atoms with E-state index in [1.807, 2.05) is 6.07 Å². The topological polar surface area (TPSA) is 50.4 Å². The zero-order valence-corrected chi connectivity index (χ0v) is 10.4. The summed E-state index contributed by atoms with van der Waals surface area (Å²) in [6.07, 6.45) is 1.05. The highest BCUT2D eigenvalue weighted by Crippen LogP contribution is 2.04. The van der Waals surface area contributed by atoms with Crippen molar-refractivity contribution >= 4 is 5.96 Å². The van der Waals surface area contributed by atoms with Gasteiger partial charge in [0.25, 0.3) is 0 Å². The Labute approximate surface area is 102 Å². The zero-order valence-electron chi connectivity index (χ0n) is 10.4. The quantitative estimate of drug-likeness (QED) is 0.609. The fourth-order valence-corrected chi connectivity index (χ4v) is 1.36. The molecule has 3 N–H and O–H groups in total. The van der Waals surface area contributed by atoms with Gasteiger partial charge >= 0.3 is 0 Å². The van der Waals surface area contributed by atoms with Gasteiger partial charge in [-0.05, 0) is 30.0 Å². The Morgan fingerprint density at radius 3 is 2.88 bits per heavy atom. The van der Waals surface area contributed by atoms with Crippen LogP contribution in [-0.4, -0.2) is 12.5 Å². The van der Waals surface area contributed by atoms with Gasteiger partial charge in [0, 0.05) is 6.54 Å². The average molecular weight is 237 g/mol. The smallest absolute Gasteiger partial charge is 0.188 e. The number of benzene rings is 1. The van der Waals surface area contributed by atoms with Crippen LogP contribution in [0.15, 0.2) is 29.3 Å². The van der Waals surface area contributed by atoms with Crippen molar-refractivity contribution in [3.63, 3.8) is 0 Å². The maximum atomic E-state index is 12.9. The molecule has 17 heavy (non-hydrogen) atoms. The Kier molecular flexibility index (Phi) is 5.46. The molecular weight excluding hydrogens is 217 g/mol. The van der Waals surface area contributed by atoms with Crippen molar-refractivity contribution in [2.45, 2.75) is 26.8 Å². The zero-order chi connectivity index (χ0) is 12.7. The molecule has 0 aliphatic heterocycles. The van der Waals surface area contributed by atoms with Gasteiger partial charge in [-0.2, -0.15) is 0 Å². The molecule has 0 radical (unpaired) electrons. The number of rotatable bonds is 5. The molecule has 3 nitrogen and oxygen atoms in total. The Hall–Kier alpha value is -1.58. The third-order valence-corrected chi connectivity index (χ3v) is 2.35. The maximum Gasteiger partial charge on any atom is 0.188 e. The fraction of sp³-hybridized carbons (Fsp3) is 0.462. The maximum absolute atomic E-state index is 12.9. The molecule has 0 saturated carbocycles. The van der Waals surface area contributed by atoms with Crippen LogP contribution in [-0.2, 0) is 6.54 Å². The van der Waals surface area contributed by atoms with Gasteiger partial charge in [-0.15, -0.1) is 0 Å². The van der Waals surface area contributed by atoms with E-state index < -0.39 is 0 Å². The van der Waals surface area contributed by atoms with E-state index in [4.69, 9.17) is 5.73 Å². The molecule has 4 heteroatoms. The first-order chi connectivity index (χ1) is 8.08. The van der Waals surface area contributed by atoms with Crippen LogP contribution in [0, 0.1) is 11.7 Å². The molecule has 1 aromatic rings. The van der Waals surface area contributed by atoms with E-state index >= 15 is 0 Å². The average Bonchev–Trinajstić information content (AvgIpc) is 2.26. The van der Waals surface area contributed by atoms with Crippen molar-refractivity contribution < 1.29 is 4.39 Å². The SMILES string of the molecule is CC(C)CCNC(N)=NCc1cccc(F)c1. The van der Waals surface area contributed by atoms with Crippen molar-refractivity contribution in [1.82, 2.24) is 5.32 Å². The lowest BCUT2D eigenvalue weighted by molar-refractivity contribution is 0.576. The van der Waals surface area contributed by atoms with Gasteiger partial charge < -0.3 is 11.1 Å². The summed E-state index contributed by atoms with van der Waals surface area (Å²) in [5.74, 6) is 0.803. The summed E-state index contributed by atoms with van der Waals surface area (Å²) in [6, 6.07) is 6.37. The van der Waals surface area contributed by atoms with Gasteiger partial charge in [0.15, 0.2) is 5.96 Å². The Morgan fingerprint density at radius 1 is 1.47 bits per heavy atom. The second-order valence-corrected chi connectivity index (χ2v) is 4.44. The Balaban J connectivity index is 2.37. The molecule has 0 bridgehead atoms. The number of nitrogens with two attached hydrogens (primary N) is 1. The fourth-order valence-electron chi connectivity index (χ4n) is 1.36. The van der Waals surface area contributed by atoms with Crippen LogP contribution in [0.5, 0.6) is 0 Å². The molecule has 0 unspecified atom stereocenters. The Bertz CT molecular complexity index is 375. The first kappa shape index (κ1) is 13.5. The summed E-state index contributed by atoms with van der Waals surface area (Å²) >= 11 is 0. The van der Waals surface area contributed by atoms with Crippen LogP contribution in [0.3, 0.4) is 0 Å². The summed E-state index contributed by atoms with van der Waals surface area (Å²) in [4.78, 5) is 4.15. The molecule has 0 atom stereocenters. The van der Waals surface area contributed by atoms with Crippen molar-refractivity contribution in [3.8, 4) is 0 Å². The van der Waals surface area contributed by atoms with E-state index in [1.54, 1.807) is 6.07 Å². The summed E-state index contributed by atoms with van der Waals surface area (Å²) in [7, 11) is 0. The lowest BCUT2D eigenvalue weighted by atomic mass is 10.1. The van der Waals surface area contributed by atoms with Crippen LogP contribution in [0.25, 0.3) is 0 Å². The van der Waals surface area contributed by atoms with Crippen molar-refractivity contribution in [3.05, 3.63) is 35.6 Å². The summed E-state index contributed by atoms with van der Waals surface area (Å²) in [6.45, 7) is 5.53. The molecule has 0 saturated heterocycles. The molecule has 0 aromatic heterocycles. The highest BCUT2D eigenvalue weighted by molar-refractivity contribution is 5.77. The molecule has 1 rings (SSSR count). The van der Waals surface area contributed by atoms with E-state index in [2.05, 4.69) is 24.2 Å². The lowest BCUT2D eigenvalue weighted by Crippen LogP contribution is -2.32. The molecule has 0 amide bonds. The van der Waals surface area contributed by atoms with Crippen LogP contribution >= 0.6 is 0 Å². The second-order valence-electron chi connectivity index (χ2n) is 4.44. The summed E-state index contributed by atoms with van der Waals surface area (Å²) in [5, 5.41) is 3.03. The molecule has 0 fully saturated rings. The number of nitrogens with one attached hydrogen (secondary N) is 1. The van der Waals surface area contributed by atoms with Gasteiger partial charge in [-0.3, -0.25) is 0 Å². The number of nitrogens with zero attached hydrogens (tertiary/aromatic N) is 1. The Morgan fingerprint density at radius 2 is 2.24 bits per heavy atom. The molecule has 0 aliphatic rings. The van der Waals surface area contributed by atoms with E-state index in [0.29, 0.717) is 18.4 Å². The van der Waals surface area contributed by atoms with E-state index in [9.17, 15) is 4.39 Å². The van der Waals surface area contributed by atoms with Crippen LogP contribution in [0.2, 0.25) is 0 Å². The van der Waals surface area contributed by atoms with Crippen molar-refractivity contribution in [2.75, 3.05) is 6.54 Å². The molecule has 0 heterocycles. The summed E-state index contributed by atoms with van der Waals surface area (Å²) in [5.41, 5.74) is 6.51. The first-order valence-corrected chi connectivity index (χ1v) is 5.86. The third kappa shape index (κ3) is 5.90. The largest absolute Gasteiger partial charge is 0.370 e. The van der Waals surface area contributed by atoms with Crippen LogP contribution in [0.1, 0.15) is 25.8 Å². The minimum absolute atomic E-state index is 0.246. The lowest BCUT2D eigenvalue weighted by Gasteiger charge is -2.07. The van der Waals surface area contributed by atoms with E-state index in [-0.39, 0.29) is 5.82 Å². The number of aliphatic imine (C=N–C) groups is 1. The van der Waals surface area contributed by atoms with Crippen molar-refractivity contribution in [2.24, 2.45) is 16.6 Å². The summed E-state index contributed by atoms with van der Waals surface area (Å²) < 4.78 is 12.9. The minimum Gasteiger partial charge on any atom is -0.370 e. The standard InChI is InChI=1S/C13H20FN3/c1-10(2)6-7-16-13(15)17-9-11-4-3-5-12(14)8-11/h3-5,8,10H,6-7,9H2,1-2H3,(H3,15,16,17). The molecule has 0 spiro atoms. The van der Waals surface area contributed by atoms with Gasteiger partial charge in [0.1, 0.15) is 5.82 Å². The van der Waals surface area contributed by atoms with Crippen LogP contribution < -0.4 is 11.1 Å². The van der Waals surface area contributed by atoms with Gasteiger partial charge in [0.2, 0.25) is 0 Å². The normalized spacial score (nSPS) is 11.9. The number of hydrogen-bond donors (Lipinski definition) is 2. The van der Waals surface area contributed by atoms with Gasteiger partial charge in [0.05, 0.1) is 6.54 Å². The first-order valence-electron chi connectivity index (χ1n) is 5.86. The molecule has 94 valence electrons. The second kappa shape index (κ2) is 6.89. The van der Waals surface area contributed by atoms with E-state index in [1.165, 1.54) is 12.1 Å². The van der Waals surface area contributed by atoms with E-state index in [0.717, 1.165) is 18.5 Å². The predicted molar refractivity (Wildman–Crippen MR) is 69.2 cm³/mol. The predicted octanol–water partition coefficient (Wildman–Crippen LogP) is 2.28. The monoisotopic (exact) mass is 237 g/mol. The highest BCUT2D eigenvalue weighted by atomic mass is 19.1. The van der Waals surface area contributed by atoms with Gasteiger partial charge in [-0.25, -0.2) is 9.38 Å². The number of guanidine groups is 1. The highest BCUT2D eigenvalue weighted by Gasteiger charge is 1.96. The molecule has 0 aliphatic carbocycles. The molecular formula is C13H20FN3. The van der Waals surface area contributed by atoms with Gasteiger partial charge in [-0.1, -0.05) is 26.0 Å². The third-order valence-electron chi connectivity index (χ3n) is 2.35. The van der Waals surface area contributed by atoms with Crippen molar-refractivity contribution in [1.29, 1.82) is 0 Å². The number of hydrogen-bond acceptors (Lipinski definition) is 1. The van der Waals surface area contributed by atoms with Crippen LogP contribution in [0.4, 0.5) is 4.39 Å². The number of halogens is 1.